The molecule has 0 amide bonds. The number of nitrogens with zero attached hydrogens (tertiary/aromatic N) is 2. The molecule has 0 saturated carbocycles. The molecular formula is C45H32N4S. The smallest absolute Gasteiger partial charge is 0.0710 e. The Bertz CT molecular complexity index is 2820. The van der Waals surface area contributed by atoms with Crippen LogP contribution in [-0.2, 0) is 6.42 Å². The third-order valence-corrected chi connectivity index (χ3v) is 11.4. The number of hydrogen-bond acceptors (Lipinski definition) is 3. The zero-order valence-corrected chi connectivity index (χ0v) is 28.0. The number of para-hydroxylation sites is 3. The minimum Gasteiger partial charge on any atom is -0.309 e. The van der Waals surface area contributed by atoms with E-state index in [1.54, 1.807) is 0 Å². The number of aromatic nitrogens is 2. The molecule has 6 aromatic carbocycles. The molecule has 50 heavy (non-hydrogen) atoms. The highest BCUT2D eigenvalue weighted by Crippen LogP contribution is 2.42. The lowest BCUT2D eigenvalue weighted by molar-refractivity contribution is 1.02. The van der Waals surface area contributed by atoms with Crippen LogP contribution in [0.5, 0.6) is 0 Å². The number of rotatable bonds is 6. The molecule has 10 rings (SSSR count). The molecule has 0 saturated heterocycles. The monoisotopic (exact) mass is 660 g/mol. The topological polar surface area (TPSA) is 45.7 Å². The lowest BCUT2D eigenvalue weighted by Gasteiger charge is -2.16. The van der Waals surface area contributed by atoms with Crippen molar-refractivity contribution in [1.82, 2.24) is 9.24 Å². The maximum atomic E-state index is 8.12. The lowest BCUT2D eigenvalue weighted by Crippen LogP contribution is -2.13. The fourth-order valence-corrected chi connectivity index (χ4v) is 9.21. The minimum absolute atomic E-state index is 0.844. The summed E-state index contributed by atoms with van der Waals surface area (Å²) in [6.07, 6.45) is 10.0. The molecule has 9 aromatic rings. The average molecular weight is 661 g/mol. The van der Waals surface area contributed by atoms with Crippen LogP contribution in [0, 0.1) is 5.41 Å². The van der Waals surface area contributed by atoms with E-state index in [1.165, 1.54) is 70.4 Å². The summed E-state index contributed by atoms with van der Waals surface area (Å²) >= 11 is 1.95. The SMILES string of the molecule is N=C/C=C(\Nn1c2ccccc2c2cc(-c3cccc4c5c(sc34)CCC=C5)ccc21)c1cccc(-n2c3ccccc3c3ccccc32)c1. The normalized spacial score (nSPS) is 13.2. The fraction of sp³-hybridized carbons (Fsp3) is 0.0444. The molecule has 5 heteroatoms. The quantitative estimate of drug-likeness (QED) is 0.171. The highest BCUT2D eigenvalue weighted by Gasteiger charge is 2.18. The van der Waals surface area contributed by atoms with Crippen LogP contribution >= 0.6 is 11.3 Å². The Morgan fingerprint density at radius 3 is 2.12 bits per heavy atom. The summed E-state index contributed by atoms with van der Waals surface area (Å²) < 4.78 is 5.87. The first-order valence-electron chi connectivity index (χ1n) is 17.1. The molecule has 0 bridgehead atoms. The van der Waals surface area contributed by atoms with Crippen molar-refractivity contribution in [1.29, 1.82) is 5.41 Å². The van der Waals surface area contributed by atoms with E-state index in [-0.39, 0.29) is 0 Å². The van der Waals surface area contributed by atoms with Crippen molar-refractivity contribution >= 4 is 83.0 Å². The predicted octanol–water partition coefficient (Wildman–Crippen LogP) is 12.0. The Morgan fingerprint density at radius 1 is 0.660 bits per heavy atom. The van der Waals surface area contributed by atoms with Crippen LogP contribution in [0.4, 0.5) is 0 Å². The van der Waals surface area contributed by atoms with Gasteiger partial charge in [-0.25, -0.2) is 0 Å². The second-order valence-corrected chi connectivity index (χ2v) is 14.0. The van der Waals surface area contributed by atoms with Gasteiger partial charge in [-0.3, -0.25) is 10.1 Å². The Labute approximate surface area is 293 Å². The second kappa shape index (κ2) is 11.5. The number of fused-ring (bicyclic) bond motifs is 9. The second-order valence-electron chi connectivity index (χ2n) is 12.9. The Morgan fingerprint density at radius 2 is 1.34 bits per heavy atom. The van der Waals surface area contributed by atoms with Crippen LogP contribution in [0.2, 0.25) is 0 Å². The molecular weight excluding hydrogens is 629 g/mol. The van der Waals surface area contributed by atoms with Crippen LogP contribution in [0.1, 0.15) is 22.4 Å². The number of aryl methyl sites for hydroxylation is 1. The van der Waals surface area contributed by atoms with Gasteiger partial charge in [0, 0.05) is 54.0 Å². The summed E-state index contributed by atoms with van der Waals surface area (Å²) in [6, 6.07) is 47.9. The van der Waals surface area contributed by atoms with Crippen LogP contribution in [-0.4, -0.2) is 15.5 Å². The molecule has 1 aliphatic rings. The van der Waals surface area contributed by atoms with Crippen LogP contribution in [0.25, 0.3) is 82.3 Å². The first-order chi connectivity index (χ1) is 24.8. The number of thiophene rings is 1. The van der Waals surface area contributed by atoms with Gasteiger partial charge in [-0.15, -0.1) is 11.3 Å². The van der Waals surface area contributed by atoms with Gasteiger partial charge in [0.05, 0.1) is 27.8 Å². The molecule has 0 unspecified atom stereocenters. The van der Waals surface area contributed by atoms with E-state index >= 15 is 0 Å². The first-order valence-corrected chi connectivity index (χ1v) is 17.9. The van der Waals surface area contributed by atoms with Gasteiger partial charge in [0.15, 0.2) is 0 Å². The predicted molar refractivity (Wildman–Crippen MR) is 215 cm³/mol. The van der Waals surface area contributed by atoms with E-state index in [0.29, 0.717) is 0 Å². The van der Waals surface area contributed by atoms with Crippen molar-refractivity contribution in [3.63, 3.8) is 0 Å². The Kier molecular flexibility index (Phi) is 6.61. The zero-order chi connectivity index (χ0) is 33.2. The maximum Gasteiger partial charge on any atom is 0.0710 e. The zero-order valence-electron chi connectivity index (χ0n) is 27.2. The molecule has 0 spiro atoms. The molecule has 4 nitrogen and oxygen atoms in total. The molecule has 0 atom stereocenters. The fourth-order valence-electron chi connectivity index (χ4n) is 7.87. The number of allylic oxidation sites excluding steroid dienone is 2. The maximum absolute atomic E-state index is 8.12. The van der Waals surface area contributed by atoms with Crippen LogP contribution in [0.15, 0.2) is 146 Å². The van der Waals surface area contributed by atoms with Gasteiger partial charge in [0.2, 0.25) is 0 Å². The summed E-state index contributed by atoms with van der Waals surface area (Å²) in [5, 5.41) is 14.3. The molecule has 0 fully saturated rings. The van der Waals surface area contributed by atoms with E-state index < -0.39 is 0 Å². The van der Waals surface area contributed by atoms with Gasteiger partial charge in [0.25, 0.3) is 0 Å². The van der Waals surface area contributed by atoms with Gasteiger partial charge < -0.3 is 9.98 Å². The average Bonchev–Trinajstić information content (AvgIpc) is 3.82. The van der Waals surface area contributed by atoms with Gasteiger partial charge in [-0.05, 0) is 78.1 Å². The molecule has 3 aromatic heterocycles. The molecule has 3 heterocycles. The van der Waals surface area contributed by atoms with E-state index in [0.717, 1.165) is 40.8 Å². The largest absolute Gasteiger partial charge is 0.309 e. The summed E-state index contributed by atoms with van der Waals surface area (Å²) in [4.78, 5) is 1.49. The summed E-state index contributed by atoms with van der Waals surface area (Å²) in [5.74, 6) is 0. The molecule has 238 valence electrons. The van der Waals surface area contributed by atoms with Gasteiger partial charge in [0.1, 0.15) is 0 Å². The molecule has 2 N–H and O–H groups in total. The summed E-state index contributed by atoms with van der Waals surface area (Å²) in [5.41, 5.74) is 15.1. The highest BCUT2D eigenvalue weighted by atomic mass is 32.1. The van der Waals surface area contributed by atoms with Gasteiger partial charge >= 0.3 is 0 Å². The van der Waals surface area contributed by atoms with Crippen molar-refractivity contribution < 1.29 is 0 Å². The minimum atomic E-state index is 0.844. The number of benzene rings is 6. The Hall–Kier alpha value is -6.17. The number of hydrogen-bond donors (Lipinski definition) is 2. The van der Waals surface area contributed by atoms with Crippen molar-refractivity contribution in [3.05, 3.63) is 162 Å². The third-order valence-electron chi connectivity index (χ3n) is 10.1. The summed E-state index contributed by atoms with van der Waals surface area (Å²) in [7, 11) is 0. The van der Waals surface area contributed by atoms with Gasteiger partial charge in [-0.2, -0.15) is 0 Å². The highest BCUT2D eigenvalue weighted by molar-refractivity contribution is 7.20. The molecule has 1 aliphatic carbocycles. The van der Waals surface area contributed by atoms with Crippen LogP contribution in [0.3, 0.4) is 0 Å². The Balaban J connectivity index is 1.09. The standard InChI is InChI=1S/C45H32N4S/c46-26-25-39(30-11-9-12-31(27-30)48-40-19-5-1-13-33(40)34-14-2-6-20-41(34)48)47-49-42-21-7-3-15-35(42)38-28-29(23-24-43(38)49)32-17-10-18-37-36-16-4-8-22-44(36)50-45(32)37/h1-7,9-21,23-28,46-47H,8,22H2/b39-25-,46-26?. The molecule has 0 aliphatic heterocycles. The van der Waals surface area contributed by atoms with E-state index in [2.05, 4.69) is 160 Å². The van der Waals surface area contributed by atoms with Gasteiger partial charge in [-0.1, -0.05) is 103 Å². The van der Waals surface area contributed by atoms with E-state index in [1.807, 2.05) is 17.4 Å². The van der Waals surface area contributed by atoms with Crippen molar-refractivity contribution in [3.8, 4) is 16.8 Å². The van der Waals surface area contributed by atoms with E-state index in [9.17, 15) is 0 Å². The lowest BCUT2D eigenvalue weighted by atomic mass is 9.98. The third kappa shape index (κ3) is 4.40. The van der Waals surface area contributed by atoms with Crippen molar-refractivity contribution in [2.75, 3.05) is 5.43 Å². The van der Waals surface area contributed by atoms with Crippen LogP contribution < -0.4 is 5.43 Å². The van der Waals surface area contributed by atoms with Crippen molar-refractivity contribution in [2.45, 2.75) is 12.8 Å². The van der Waals surface area contributed by atoms with E-state index in [4.69, 9.17) is 5.41 Å². The first kappa shape index (κ1) is 28.8. The summed E-state index contributed by atoms with van der Waals surface area (Å²) in [6.45, 7) is 0. The number of nitrogens with one attached hydrogen (secondary N) is 2. The van der Waals surface area contributed by atoms with Crippen molar-refractivity contribution in [2.24, 2.45) is 0 Å². The molecule has 0 radical (unpaired) electrons.